The Morgan fingerprint density at radius 1 is 1.45 bits per heavy atom. The number of amides is 1. The topological polar surface area (TPSA) is 91.5 Å². The zero-order valence-corrected chi connectivity index (χ0v) is 13.2. The minimum atomic E-state index is -1.14. The maximum atomic E-state index is 11.7. The number of hydrogen-bond donors (Lipinski definition) is 1. The highest BCUT2D eigenvalue weighted by Crippen LogP contribution is 2.28. The number of nitrogens with one attached hydrogen (secondary N) is 1. The molecule has 0 saturated heterocycles. The number of ether oxygens (including phenoxy) is 1. The number of esters is 1. The van der Waals surface area contributed by atoms with Gasteiger partial charge in [-0.2, -0.15) is 5.26 Å². The standard InChI is InChI=1S/C15H16ClN3O3/c1-9(2)22-15(21)10(7-17)8-19-12-6-4-5-11(13(12)16)14(20)18-3/h4-6,8-10H,1-3H3,(H,18,20). The van der Waals surface area contributed by atoms with Gasteiger partial charge in [0.1, 0.15) is 0 Å². The van der Waals surface area contributed by atoms with E-state index in [1.807, 2.05) is 0 Å². The van der Waals surface area contributed by atoms with Gasteiger partial charge in [-0.25, -0.2) is 0 Å². The lowest BCUT2D eigenvalue weighted by molar-refractivity contribution is -0.148. The minimum absolute atomic E-state index is 0.145. The average Bonchev–Trinajstić information content (AvgIpc) is 2.47. The Kier molecular flexibility index (Phi) is 6.54. The van der Waals surface area contributed by atoms with Gasteiger partial charge in [0.05, 0.1) is 28.4 Å². The summed E-state index contributed by atoms with van der Waals surface area (Å²) in [6, 6.07) is 6.53. The van der Waals surface area contributed by atoms with Crippen molar-refractivity contribution < 1.29 is 14.3 Å². The summed E-state index contributed by atoms with van der Waals surface area (Å²) in [5.74, 6) is -2.17. The zero-order chi connectivity index (χ0) is 16.7. The van der Waals surface area contributed by atoms with Crippen LogP contribution in [0.15, 0.2) is 23.2 Å². The molecule has 116 valence electrons. The van der Waals surface area contributed by atoms with E-state index < -0.39 is 11.9 Å². The Bertz CT molecular complexity index is 635. The Hall–Kier alpha value is -2.39. The molecule has 1 aromatic rings. The third-order valence-electron chi connectivity index (χ3n) is 2.56. The highest BCUT2D eigenvalue weighted by atomic mass is 35.5. The van der Waals surface area contributed by atoms with Crippen LogP contribution in [0.4, 0.5) is 5.69 Å². The largest absolute Gasteiger partial charge is 0.462 e. The molecule has 1 aromatic carbocycles. The van der Waals surface area contributed by atoms with Crippen molar-refractivity contribution in [3.05, 3.63) is 28.8 Å². The van der Waals surface area contributed by atoms with Crippen molar-refractivity contribution in [1.82, 2.24) is 5.32 Å². The summed E-state index contributed by atoms with van der Waals surface area (Å²) in [5.41, 5.74) is 0.553. The molecule has 0 aliphatic rings. The lowest BCUT2D eigenvalue weighted by Gasteiger charge is -2.09. The van der Waals surface area contributed by atoms with Crippen LogP contribution >= 0.6 is 11.6 Å². The monoisotopic (exact) mass is 321 g/mol. The number of rotatable bonds is 5. The van der Waals surface area contributed by atoms with E-state index in [1.165, 1.54) is 7.05 Å². The van der Waals surface area contributed by atoms with Gasteiger partial charge >= 0.3 is 5.97 Å². The van der Waals surface area contributed by atoms with Gasteiger partial charge in [-0.1, -0.05) is 17.7 Å². The maximum Gasteiger partial charge on any atom is 0.329 e. The average molecular weight is 322 g/mol. The molecule has 0 radical (unpaired) electrons. The Balaban J connectivity index is 3.01. The third-order valence-corrected chi connectivity index (χ3v) is 2.95. The van der Waals surface area contributed by atoms with E-state index in [-0.39, 0.29) is 22.6 Å². The molecule has 1 atom stereocenters. The fraction of sp³-hybridized carbons (Fsp3) is 0.333. The molecule has 6 nitrogen and oxygen atoms in total. The first-order valence-electron chi connectivity index (χ1n) is 6.55. The number of nitrogens with zero attached hydrogens (tertiary/aromatic N) is 2. The molecule has 22 heavy (non-hydrogen) atoms. The van der Waals surface area contributed by atoms with Crippen molar-refractivity contribution >= 4 is 35.4 Å². The highest BCUT2D eigenvalue weighted by molar-refractivity contribution is 6.36. The second-order valence-corrected chi connectivity index (χ2v) is 4.97. The van der Waals surface area contributed by atoms with Gasteiger partial charge in [-0.3, -0.25) is 14.6 Å². The number of benzene rings is 1. The van der Waals surface area contributed by atoms with Crippen molar-refractivity contribution in [1.29, 1.82) is 5.26 Å². The lowest BCUT2D eigenvalue weighted by atomic mass is 10.1. The molecule has 1 rings (SSSR count). The second-order valence-electron chi connectivity index (χ2n) is 4.59. The number of aliphatic imine (C=N–C) groups is 1. The summed E-state index contributed by atoms with van der Waals surface area (Å²) >= 11 is 6.10. The fourth-order valence-electron chi connectivity index (χ4n) is 1.54. The Morgan fingerprint density at radius 3 is 2.68 bits per heavy atom. The van der Waals surface area contributed by atoms with Crippen molar-refractivity contribution in [2.24, 2.45) is 10.9 Å². The summed E-state index contributed by atoms with van der Waals surface area (Å²) in [4.78, 5) is 27.3. The van der Waals surface area contributed by atoms with Crippen molar-refractivity contribution in [2.45, 2.75) is 20.0 Å². The van der Waals surface area contributed by atoms with Crippen molar-refractivity contribution in [3.63, 3.8) is 0 Å². The zero-order valence-electron chi connectivity index (χ0n) is 12.5. The number of carbonyl (C=O) groups excluding carboxylic acids is 2. The predicted octanol–water partition coefficient (Wildman–Crippen LogP) is 2.49. The lowest BCUT2D eigenvalue weighted by Crippen LogP contribution is -2.21. The molecule has 1 amide bonds. The van der Waals surface area contributed by atoms with Crippen LogP contribution in [-0.2, 0) is 9.53 Å². The fourth-order valence-corrected chi connectivity index (χ4v) is 1.80. The molecule has 0 spiro atoms. The molecule has 0 bridgehead atoms. The van der Waals surface area contributed by atoms with Crippen LogP contribution in [0.1, 0.15) is 24.2 Å². The number of halogens is 1. The molecule has 1 N–H and O–H groups in total. The Labute approximate surface area is 133 Å². The van der Waals surface area contributed by atoms with Crippen LogP contribution in [0, 0.1) is 17.2 Å². The van der Waals surface area contributed by atoms with Gasteiger partial charge in [0.2, 0.25) is 0 Å². The van der Waals surface area contributed by atoms with Crippen LogP contribution < -0.4 is 5.32 Å². The van der Waals surface area contributed by atoms with E-state index in [2.05, 4.69) is 10.3 Å². The summed E-state index contributed by atoms with van der Waals surface area (Å²) in [6.07, 6.45) is 0.830. The van der Waals surface area contributed by atoms with Crippen LogP contribution in [0.2, 0.25) is 5.02 Å². The summed E-state index contributed by atoms with van der Waals surface area (Å²) in [6.45, 7) is 3.38. The van der Waals surface area contributed by atoms with Crippen molar-refractivity contribution in [2.75, 3.05) is 7.05 Å². The smallest absolute Gasteiger partial charge is 0.329 e. The minimum Gasteiger partial charge on any atom is -0.462 e. The first-order chi connectivity index (χ1) is 10.4. The molecule has 7 heteroatoms. The molecule has 1 unspecified atom stereocenters. The van der Waals surface area contributed by atoms with Gasteiger partial charge < -0.3 is 10.1 Å². The Morgan fingerprint density at radius 2 is 2.14 bits per heavy atom. The highest BCUT2D eigenvalue weighted by Gasteiger charge is 2.19. The predicted molar refractivity (Wildman–Crippen MR) is 83.3 cm³/mol. The summed E-state index contributed by atoms with van der Waals surface area (Å²) < 4.78 is 4.95. The number of hydrogen-bond acceptors (Lipinski definition) is 5. The first-order valence-corrected chi connectivity index (χ1v) is 6.93. The normalized spacial score (nSPS) is 12.0. The molecular formula is C15H16ClN3O3. The van der Waals surface area contributed by atoms with E-state index in [4.69, 9.17) is 21.6 Å². The second kappa shape index (κ2) is 8.15. The molecule has 0 fully saturated rings. The number of nitriles is 1. The van der Waals surface area contributed by atoms with E-state index in [0.717, 1.165) is 6.21 Å². The quantitative estimate of drug-likeness (QED) is 0.666. The first kappa shape index (κ1) is 17.7. The van der Waals surface area contributed by atoms with Gasteiger partial charge in [0.25, 0.3) is 5.91 Å². The molecular weight excluding hydrogens is 306 g/mol. The third kappa shape index (κ3) is 4.57. The summed E-state index contributed by atoms with van der Waals surface area (Å²) in [7, 11) is 1.49. The molecule has 0 aliphatic heterocycles. The van der Waals surface area contributed by atoms with Crippen molar-refractivity contribution in [3.8, 4) is 6.07 Å². The van der Waals surface area contributed by atoms with E-state index >= 15 is 0 Å². The van der Waals surface area contributed by atoms with E-state index in [9.17, 15) is 9.59 Å². The molecule has 0 saturated carbocycles. The molecule has 0 aromatic heterocycles. The van der Waals surface area contributed by atoms with Gasteiger partial charge in [-0.05, 0) is 26.0 Å². The molecule has 0 aliphatic carbocycles. The van der Waals surface area contributed by atoms with Crippen LogP contribution in [0.25, 0.3) is 0 Å². The van der Waals surface area contributed by atoms with Crippen LogP contribution in [0.3, 0.4) is 0 Å². The number of carbonyl (C=O) groups is 2. The van der Waals surface area contributed by atoms with Gasteiger partial charge in [-0.15, -0.1) is 0 Å². The SMILES string of the molecule is CNC(=O)c1cccc(N=CC(C#N)C(=O)OC(C)C)c1Cl. The van der Waals surface area contributed by atoms with Gasteiger partial charge in [0.15, 0.2) is 5.92 Å². The van der Waals surface area contributed by atoms with Crippen LogP contribution in [-0.4, -0.2) is 31.2 Å². The maximum absolute atomic E-state index is 11.7. The van der Waals surface area contributed by atoms with E-state index in [0.29, 0.717) is 5.69 Å². The van der Waals surface area contributed by atoms with Gasteiger partial charge in [0, 0.05) is 13.3 Å². The molecule has 0 heterocycles. The van der Waals surface area contributed by atoms with E-state index in [1.54, 1.807) is 38.1 Å². The van der Waals surface area contributed by atoms with Crippen LogP contribution in [0.5, 0.6) is 0 Å². The summed E-state index contributed by atoms with van der Waals surface area (Å²) in [5, 5.41) is 11.6.